The largest absolute Gasteiger partial charge is 0.398 e. The predicted molar refractivity (Wildman–Crippen MR) is 92.9 cm³/mol. The van der Waals surface area contributed by atoms with Crippen LogP contribution in [0.4, 0.5) is 5.69 Å². The van der Waals surface area contributed by atoms with Gasteiger partial charge >= 0.3 is 0 Å². The number of anilines is 1. The van der Waals surface area contributed by atoms with E-state index in [9.17, 15) is 4.79 Å². The van der Waals surface area contributed by atoms with E-state index in [0.717, 1.165) is 24.9 Å². The molecule has 0 saturated carbocycles. The Morgan fingerprint density at radius 3 is 2.75 bits per heavy atom. The molecule has 100 valence electrons. The van der Waals surface area contributed by atoms with Gasteiger partial charge in [0.25, 0.3) is 5.91 Å². The minimum absolute atomic E-state index is 0.158. The van der Waals surface area contributed by atoms with Crippen molar-refractivity contribution in [3.8, 4) is 0 Å². The highest BCUT2D eigenvalue weighted by Crippen LogP contribution is 2.36. The summed E-state index contributed by atoms with van der Waals surface area (Å²) in [5.41, 5.74) is 9.74. The van der Waals surface area contributed by atoms with E-state index in [1.807, 2.05) is 42.5 Å². The van der Waals surface area contributed by atoms with Gasteiger partial charge < -0.3 is 11.1 Å². The van der Waals surface area contributed by atoms with Gasteiger partial charge in [-0.1, -0.05) is 28.1 Å². The fourth-order valence-corrected chi connectivity index (χ4v) is 3.11. The number of rotatable bonds is 1. The van der Waals surface area contributed by atoms with Gasteiger partial charge in [-0.05, 0) is 58.5 Å². The fourth-order valence-electron chi connectivity index (χ4n) is 2.21. The Morgan fingerprint density at radius 1 is 1.20 bits per heavy atom. The highest BCUT2D eigenvalue weighted by molar-refractivity contribution is 14.1. The molecule has 0 unspecified atom stereocenters. The zero-order valence-electron chi connectivity index (χ0n) is 10.3. The number of carbonyl (C=O) groups excluding carboxylic acids is 1. The Bertz CT molecular complexity index is 755. The number of benzene rings is 2. The number of carbonyl (C=O) groups is 1. The number of hydrogen-bond acceptors (Lipinski definition) is 2. The van der Waals surface area contributed by atoms with Gasteiger partial charge in [0.15, 0.2) is 0 Å². The van der Waals surface area contributed by atoms with Crippen molar-refractivity contribution in [2.45, 2.75) is 0 Å². The van der Waals surface area contributed by atoms with Crippen LogP contribution in [0.5, 0.6) is 0 Å². The van der Waals surface area contributed by atoms with Crippen LogP contribution in [0.3, 0.4) is 0 Å². The average molecular weight is 441 g/mol. The van der Waals surface area contributed by atoms with Crippen molar-refractivity contribution >= 4 is 61.4 Å². The summed E-state index contributed by atoms with van der Waals surface area (Å²) >= 11 is 5.65. The molecule has 3 rings (SSSR count). The minimum atomic E-state index is -0.158. The number of hydrogen-bond donors (Lipinski definition) is 2. The normalized spacial score (nSPS) is 15.8. The van der Waals surface area contributed by atoms with Crippen LogP contribution in [0.15, 0.2) is 46.9 Å². The van der Waals surface area contributed by atoms with E-state index in [2.05, 4.69) is 43.8 Å². The van der Waals surface area contributed by atoms with E-state index < -0.39 is 0 Å². The molecule has 1 amide bonds. The number of nitrogens with two attached hydrogens (primary N) is 1. The highest BCUT2D eigenvalue weighted by atomic mass is 127. The molecule has 0 aliphatic carbocycles. The molecule has 3 nitrogen and oxygen atoms in total. The van der Waals surface area contributed by atoms with Gasteiger partial charge in [0.2, 0.25) is 0 Å². The van der Waals surface area contributed by atoms with Gasteiger partial charge in [-0.25, -0.2) is 0 Å². The van der Waals surface area contributed by atoms with Gasteiger partial charge in [-0.3, -0.25) is 4.79 Å². The molecule has 0 fully saturated rings. The molecule has 0 bridgehead atoms. The minimum Gasteiger partial charge on any atom is -0.398 e. The molecule has 3 N–H and O–H groups in total. The summed E-state index contributed by atoms with van der Waals surface area (Å²) in [5, 5.41) is 2.84. The van der Waals surface area contributed by atoms with Crippen LogP contribution in [-0.4, -0.2) is 5.91 Å². The zero-order valence-corrected chi connectivity index (χ0v) is 14.0. The van der Waals surface area contributed by atoms with E-state index in [4.69, 9.17) is 5.73 Å². The second-order valence-corrected chi connectivity index (χ2v) is 6.60. The molecular weight excluding hydrogens is 431 g/mol. The summed E-state index contributed by atoms with van der Waals surface area (Å²) < 4.78 is 2.00. The van der Waals surface area contributed by atoms with Crippen LogP contribution in [0.25, 0.3) is 11.3 Å². The van der Waals surface area contributed by atoms with Crippen LogP contribution in [0, 0.1) is 3.57 Å². The second-order valence-electron chi connectivity index (χ2n) is 4.44. The molecule has 0 atom stereocenters. The van der Waals surface area contributed by atoms with Crippen LogP contribution < -0.4 is 11.1 Å². The molecule has 2 aromatic carbocycles. The van der Waals surface area contributed by atoms with Crippen molar-refractivity contribution in [2.24, 2.45) is 5.73 Å². The fraction of sp³-hybridized carbons (Fsp3) is 0. The summed E-state index contributed by atoms with van der Waals surface area (Å²) in [6, 6.07) is 13.5. The SMILES string of the molecule is NC(=C1C(=O)Nc2ccc(Br)cc21)c1cccc(I)c1. The monoisotopic (exact) mass is 440 g/mol. The average Bonchev–Trinajstić information content (AvgIpc) is 2.73. The van der Waals surface area contributed by atoms with Gasteiger partial charge in [-0.2, -0.15) is 0 Å². The number of fused-ring (bicyclic) bond motifs is 1. The molecule has 1 heterocycles. The first-order valence-electron chi connectivity index (χ1n) is 5.93. The lowest BCUT2D eigenvalue weighted by Crippen LogP contribution is -2.09. The molecule has 0 saturated heterocycles. The topological polar surface area (TPSA) is 55.1 Å². The van der Waals surface area contributed by atoms with Crippen LogP contribution in [-0.2, 0) is 4.79 Å². The third-order valence-electron chi connectivity index (χ3n) is 3.13. The Labute approximate surface area is 138 Å². The summed E-state index contributed by atoms with van der Waals surface area (Å²) in [6.07, 6.45) is 0. The van der Waals surface area contributed by atoms with E-state index in [-0.39, 0.29) is 5.91 Å². The lowest BCUT2D eigenvalue weighted by atomic mass is 10.0. The van der Waals surface area contributed by atoms with Crippen LogP contribution in [0.2, 0.25) is 0 Å². The molecule has 2 aromatic rings. The maximum Gasteiger partial charge on any atom is 0.258 e. The van der Waals surface area contributed by atoms with Gasteiger partial charge in [0, 0.05) is 19.3 Å². The molecule has 20 heavy (non-hydrogen) atoms. The Kier molecular flexibility index (Phi) is 3.55. The maximum absolute atomic E-state index is 12.2. The first-order valence-corrected chi connectivity index (χ1v) is 7.80. The molecule has 0 aromatic heterocycles. The summed E-state index contributed by atoms with van der Waals surface area (Å²) in [4.78, 5) is 12.2. The Morgan fingerprint density at radius 2 is 2.00 bits per heavy atom. The zero-order chi connectivity index (χ0) is 14.3. The standard InChI is InChI=1S/C15H10BrIN2O/c16-9-4-5-12-11(7-9)13(15(20)19-12)14(18)8-2-1-3-10(17)6-8/h1-7H,18H2,(H,19,20). The highest BCUT2D eigenvalue weighted by Gasteiger charge is 2.27. The third kappa shape index (κ3) is 2.35. The third-order valence-corrected chi connectivity index (χ3v) is 4.30. The first kappa shape index (κ1) is 13.6. The summed E-state index contributed by atoms with van der Waals surface area (Å²) in [7, 11) is 0. The van der Waals surface area contributed by atoms with Crippen molar-refractivity contribution in [3.05, 3.63) is 61.6 Å². The van der Waals surface area contributed by atoms with Crippen LogP contribution >= 0.6 is 38.5 Å². The van der Waals surface area contributed by atoms with Gasteiger partial charge in [0.05, 0.1) is 11.3 Å². The molecular formula is C15H10BrIN2O. The van der Waals surface area contributed by atoms with E-state index in [0.29, 0.717) is 11.3 Å². The van der Waals surface area contributed by atoms with Crippen molar-refractivity contribution < 1.29 is 4.79 Å². The number of halogens is 2. The summed E-state index contributed by atoms with van der Waals surface area (Å²) in [5.74, 6) is -0.158. The molecule has 1 aliphatic rings. The lowest BCUT2D eigenvalue weighted by molar-refractivity contribution is -0.110. The maximum atomic E-state index is 12.2. The van der Waals surface area contributed by atoms with Gasteiger partial charge in [-0.15, -0.1) is 0 Å². The predicted octanol–water partition coefficient (Wildman–Crippen LogP) is 3.83. The van der Waals surface area contributed by atoms with Crippen molar-refractivity contribution in [3.63, 3.8) is 0 Å². The van der Waals surface area contributed by atoms with Crippen molar-refractivity contribution in [2.75, 3.05) is 5.32 Å². The molecule has 0 radical (unpaired) electrons. The molecule has 1 aliphatic heterocycles. The smallest absolute Gasteiger partial charge is 0.258 e. The van der Waals surface area contributed by atoms with Crippen molar-refractivity contribution in [1.29, 1.82) is 0 Å². The second kappa shape index (κ2) is 5.21. The van der Waals surface area contributed by atoms with E-state index in [1.165, 1.54) is 0 Å². The van der Waals surface area contributed by atoms with Crippen LogP contribution in [0.1, 0.15) is 11.1 Å². The van der Waals surface area contributed by atoms with E-state index in [1.54, 1.807) is 0 Å². The number of amides is 1. The molecule has 5 heteroatoms. The quantitative estimate of drug-likeness (QED) is 0.523. The molecule has 0 spiro atoms. The van der Waals surface area contributed by atoms with E-state index >= 15 is 0 Å². The Hall–Kier alpha value is -1.34. The number of nitrogens with one attached hydrogen (secondary N) is 1. The Balaban J connectivity index is 2.21. The van der Waals surface area contributed by atoms with Crippen molar-refractivity contribution in [1.82, 2.24) is 0 Å². The lowest BCUT2D eigenvalue weighted by Gasteiger charge is -2.07. The first-order chi connectivity index (χ1) is 9.56. The summed E-state index contributed by atoms with van der Waals surface area (Å²) in [6.45, 7) is 0. The van der Waals surface area contributed by atoms with Gasteiger partial charge in [0.1, 0.15) is 0 Å².